The lowest BCUT2D eigenvalue weighted by Crippen LogP contribution is -2.26. The fourth-order valence-corrected chi connectivity index (χ4v) is 2.74. The first-order valence-corrected chi connectivity index (χ1v) is 7.41. The normalized spacial score (nSPS) is 10.6. The molecule has 0 aliphatic heterocycles. The van der Waals surface area contributed by atoms with Gasteiger partial charge in [0.05, 0.1) is 12.5 Å². The molecule has 0 unspecified atom stereocenters. The quantitative estimate of drug-likeness (QED) is 0.778. The number of likely N-dealkylation sites (N-methyl/N-ethyl adjacent to an activating group) is 1. The van der Waals surface area contributed by atoms with Crippen LogP contribution in [0.2, 0.25) is 0 Å². The number of carbonyl (C=O) groups is 1. The van der Waals surface area contributed by atoms with E-state index in [1.54, 1.807) is 37.6 Å². The van der Waals surface area contributed by atoms with E-state index in [0.717, 1.165) is 21.9 Å². The number of methoxy groups -OCH3 is 1. The Morgan fingerprint density at radius 3 is 2.75 bits per heavy atom. The van der Waals surface area contributed by atoms with Gasteiger partial charge < -0.3 is 14.7 Å². The van der Waals surface area contributed by atoms with Gasteiger partial charge in [0, 0.05) is 36.8 Å². The fraction of sp³-hybridized carbons (Fsp3) is 0.167. The highest BCUT2D eigenvalue weighted by molar-refractivity contribution is 6.05. The summed E-state index contributed by atoms with van der Waals surface area (Å²) in [6.07, 6.45) is 5.23. The molecule has 0 atom stereocenters. The van der Waals surface area contributed by atoms with Crippen molar-refractivity contribution in [2.24, 2.45) is 0 Å². The Morgan fingerprint density at radius 2 is 2.08 bits per heavy atom. The highest BCUT2D eigenvalue weighted by atomic mass is 16.5. The van der Waals surface area contributed by atoms with Gasteiger partial charge in [0.25, 0.3) is 0 Å². The molecule has 0 saturated carbocycles. The van der Waals surface area contributed by atoms with Crippen LogP contribution in [0.25, 0.3) is 21.9 Å². The van der Waals surface area contributed by atoms with Crippen LogP contribution in [0.3, 0.4) is 0 Å². The Morgan fingerprint density at radius 1 is 1.25 bits per heavy atom. The van der Waals surface area contributed by atoms with Crippen molar-refractivity contribution in [3.05, 3.63) is 48.9 Å². The van der Waals surface area contributed by atoms with Crippen molar-refractivity contribution in [1.82, 2.24) is 9.97 Å². The molecule has 0 spiro atoms. The molecule has 6 nitrogen and oxygen atoms in total. The van der Waals surface area contributed by atoms with Crippen molar-refractivity contribution in [2.75, 3.05) is 25.6 Å². The topological polar surface area (TPSA) is 75.6 Å². The molecular formula is C18H17N3O3. The number of ether oxygens (including phenoxy) is 1. The van der Waals surface area contributed by atoms with E-state index in [9.17, 15) is 4.79 Å². The van der Waals surface area contributed by atoms with Crippen LogP contribution >= 0.6 is 0 Å². The van der Waals surface area contributed by atoms with Crippen molar-refractivity contribution in [1.29, 1.82) is 0 Å². The third kappa shape index (κ3) is 2.86. The van der Waals surface area contributed by atoms with Crippen molar-refractivity contribution in [3.63, 3.8) is 0 Å². The van der Waals surface area contributed by atoms with E-state index in [1.807, 2.05) is 30.3 Å². The average molecular weight is 323 g/mol. The van der Waals surface area contributed by atoms with Gasteiger partial charge >= 0.3 is 5.97 Å². The SMILES string of the molecule is COc1cccc2c(-c3cccnc3)cnc(N(C)CC(=O)O)c12. The molecule has 1 aromatic carbocycles. The van der Waals surface area contributed by atoms with E-state index < -0.39 is 5.97 Å². The van der Waals surface area contributed by atoms with Crippen LogP contribution in [-0.4, -0.2) is 41.7 Å². The zero-order valence-corrected chi connectivity index (χ0v) is 13.4. The summed E-state index contributed by atoms with van der Waals surface area (Å²) in [4.78, 5) is 21.3. The maximum absolute atomic E-state index is 11.1. The Balaban J connectivity index is 2.27. The number of fused-ring (bicyclic) bond motifs is 1. The number of anilines is 1. The van der Waals surface area contributed by atoms with E-state index >= 15 is 0 Å². The second-order valence-electron chi connectivity index (χ2n) is 5.37. The van der Waals surface area contributed by atoms with Crippen LogP contribution in [0.15, 0.2) is 48.9 Å². The first-order valence-electron chi connectivity index (χ1n) is 7.41. The summed E-state index contributed by atoms with van der Waals surface area (Å²) in [5.74, 6) is 0.300. The van der Waals surface area contributed by atoms with E-state index in [0.29, 0.717) is 11.6 Å². The number of carboxylic acids is 1. The molecular weight excluding hydrogens is 306 g/mol. The molecule has 3 rings (SSSR count). The third-order valence-electron chi connectivity index (χ3n) is 3.78. The first-order chi connectivity index (χ1) is 11.6. The maximum atomic E-state index is 11.1. The summed E-state index contributed by atoms with van der Waals surface area (Å²) in [5, 5.41) is 10.8. The largest absolute Gasteiger partial charge is 0.496 e. The standard InChI is InChI=1S/C18H17N3O3/c1-21(11-16(22)23)18-17-13(6-3-7-15(17)24-2)14(10-20-18)12-5-4-8-19-9-12/h3-10H,11H2,1-2H3,(H,22,23). The van der Waals surface area contributed by atoms with Crippen LogP contribution in [0.5, 0.6) is 5.75 Å². The highest BCUT2D eigenvalue weighted by Crippen LogP contribution is 2.37. The minimum Gasteiger partial charge on any atom is -0.496 e. The number of hydrogen-bond donors (Lipinski definition) is 1. The van der Waals surface area contributed by atoms with Crippen LogP contribution in [0.4, 0.5) is 5.82 Å². The zero-order valence-electron chi connectivity index (χ0n) is 13.4. The fourth-order valence-electron chi connectivity index (χ4n) is 2.74. The molecule has 0 saturated heterocycles. The summed E-state index contributed by atoms with van der Waals surface area (Å²) >= 11 is 0. The van der Waals surface area contributed by atoms with E-state index in [-0.39, 0.29) is 6.54 Å². The molecule has 0 aliphatic carbocycles. The van der Waals surface area contributed by atoms with Gasteiger partial charge in [-0.25, -0.2) is 4.98 Å². The number of aliphatic carboxylic acids is 1. The molecule has 122 valence electrons. The molecule has 2 aromatic heterocycles. The minimum absolute atomic E-state index is 0.146. The molecule has 0 bridgehead atoms. The Hall–Kier alpha value is -3.15. The second kappa shape index (κ2) is 6.54. The van der Waals surface area contributed by atoms with Crippen molar-refractivity contribution in [2.45, 2.75) is 0 Å². The van der Waals surface area contributed by atoms with Gasteiger partial charge in [-0.15, -0.1) is 0 Å². The van der Waals surface area contributed by atoms with Crippen molar-refractivity contribution >= 4 is 22.6 Å². The Labute approximate surface area is 139 Å². The summed E-state index contributed by atoms with van der Waals surface area (Å²) in [7, 11) is 3.29. The molecule has 24 heavy (non-hydrogen) atoms. The lowest BCUT2D eigenvalue weighted by atomic mass is 10.0. The number of hydrogen-bond acceptors (Lipinski definition) is 5. The van der Waals surface area contributed by atoms with E-state index in [4.69, 9.17) is 9.84 Å². The summed E-state index contributed by atoms with van der Waals surface area (Å²) in [6.45, 7) is -0.146. The molecule has 0 radical (unpaired) electrons. The lowest BCUT2D eigenvalue weighted by Gasteiger charge is -2.20. The van der Waals surface area contributed by atoms with E-state index in [1.165, 1.54) is 0 Å². The average Bonchev–Trinajstić information content (AvgIpc) is 2.60. The van der Waals surface area contributed by atoms with Crippen molar-refractivity contribution in [3.8, 4) is 16.9 Å². The molecule has 0 amide bonds. The number of rotatable bonds is 5. The maximum Gasteiger partial charge on any atom is 0.323 e. The van der Waals surface area contributed by atoms with Crippen LogP contribution in [-0.2, 0) is 4.79 Å². The predicted molar refractivity (Wildman–Crippen MR) is 92.4 cm³/mol. The summed E-state index contributed by atoms with van der Waals surface area (Å²) in [6, 6.07) is 9.55. The van der Waals surface area contributed by atoms with Gasteiger partial charge in [-0.2, -0.15) is 0 Å². The molecule has 0 fully saturated rings. The van der Waals surface area contributed by atoms with Gasteiger partial charge in [0.1, 0.15) is 18.1 Å². The van der Waals surface area contributed by atoms with Crippen molar-refractivity contribution < 1.29 is 14.6 Å². The van der Waals surface area contributed by atoms with Gasteiger partial charge in [-0.1, -0.05) is 18.2 Å². The van der Waals surface area contributed by atoms with Crippen LogP contribution in [0.1, 0.15) is 0 Å². The molecule has 0 aliphatic rings. The molecule has 2 heterocycles. The minimum atomic E-state index is -0.918. The lowest BCUT2D eigenvalue weighted by molar-refractivity contribution is -0.135. The Bertz CT molecular complexity index is 881. The van der Waals surface area contributed by atoms with E-state index in [2.05, 4.69) is 9.97 Å². The third-order valence-corrected chi connectivity index (χ3v) is 3.78. The van der Waals surface area contributed by atoms with Crippen LogP contribution < -0.4 is 9.64 Å². The predicted octanol–water partition coefficient (Wildman–Crippen LogP) is 2.83. The number of carboxylic acid groups (broad SMARTS) is 1. The van der Waals surface area contributed by atoms with Gasteiger partial charge in [0.15, 0.2) is 0 Å². The molecule has 3 aromatic rings. The smallest absolute Gasteiger partial charge is 0.323 e. The van der Waals surface area contributed by atoms with Crippen LogP contribution in [0, 0.1) is 0 Å². The van der Waals surface area contributed by atoms with Gasteiger partial charge in [-0.05, 0) is 17.5 Å². The van der Waals surface area contributed by atoms with Gasteiger partial charge in [-0.3, -0.25) is 9.78 Å². The monoisotopic (exact) mass is 323 g/mol. The molecule has 6 heteroatoms. The second-order valence-corrected chi connectivity index (χ2v) is 5.37. The first kappa shape index (κ1) is 15.7. The molecule has 1 N–H and O–H groups in total. The Kier molecular flexibility index (Phi) is 4.29. The summed E-state index contributed by atoms with van der Waals surface area (Å²) in [5.41, 5.74) is 1.86. The number of nitrogens with zero attached hydrogens (tertiary/aromatic N) is 3. The van der Waals surface area contributed by atoms with Gasteiger partial charge in [0.2, 0.25) is 0 Å². The number of pyridine rings is 2. The zero-order chi connectivity index (χ0) is 17.1. The summed E-state index contributed by atoms with van der Waals surface area (Å²) < 4.78 is 5.48. The number of aromatic nitrogens is 2. The highest BCUT2D eigenvalue weighted by Gasteiger charge is 2.17. The number of benzene rings is 1.